The number of benzene rings is 1. The number of hydrogen-bond acceptors (Lipinski definition) is 2. The Labute approximate surface area is 79.5 Å². The number of methoxy groups -OCH3 is 1. The van der Waals surface area contributed by atoms with E-state index in [-0.39, 0.29) is 17.4 Å². The highest BCUT2D eigenvalue weighted by Crippen LogP contribution is 2.22. The Morgan fingerprint density at radius 3 is 2.69 bits per heavy atom. The maximum atomic E-state index is 13.0. The van der Waals surface area contributed by atoms with E-state index in [1.807, 2.05) is 0 Å². The van der Waals surface area contributed by atoms with E-state index in [0.29, 0.717) is 0 Å². The van der Waals surface area contributed by atoms with Crippen molar-refractivity contribution >= 4 is 17.3 Å². The van der Waals surface area contributed by atoms with Crippen LogP contribution in [-0.4, -0.2) is 13.8 Å². The second-order valence-corrected chi connectivity index (χ2v) is 2.76. The summed E-state index contributed by atoms with van der Waals surface area (Å²) in [6, 6.07) is 1.89. The Hall–Kier alpha value is -0.870. The first kappa shape index (κ1) is 10.2. The number of hydrogen-bond donors (Lipinski definition) is 1. The van der Waals surface area contributed by atoms with Gasteiger partial charge < -0.3 is 10.1 Å². The highest BCUT2D eigenvalue weighted by Gasteiger charge is 2.07. The lowest BCUT2D eigenvalue weighted by atomic mass is 10.3. The Kier molecular flexibility index (Phi) is 3.45. The third-order valence-electron chi connectivity index (χ3n) is 1.42. The van der Waals surface area contributed by atoms with E-state index in [1.165, 1.54) is 7.11 Å². The lowest BCUT2D eigenvalue weighted by Crippen LogP contribution is -2.05. The molecular weight excluding hydrogens is 200 g/mol. The number of rotatable bonds is 3. The van der Waals surface area contributed by atoms with Gasteiger partial charge in [0.2, 0.25) is 0 Å². The summed E-state index contributed by atoms with van der Waals surface area (Å²) in [6.45, 7) is 0.109. The average molecular weight is 208 g/mol. The van der Waals surface area contributed by atoms with Gasteiger partial charge in [0.15, 0.2) is 0 Å². The molecule has 0 radical (unpaired) electrons. The molecule has 1 aromatic carbocycles. The van der Waals surface area contributed by atoms with Crippen LogP contribution in [0.15, 0.2) is 12.1 Å². The van der Waals surface area contributed by atoms with Crippen LogP contribution in [0.25, 0.3) is 0 Å². The van der Waals surface area contributed by atoms with E-state index in [0.717, 1.165) is 12.1 Å². The minimum absolute atomic E-state index is 0.0313. The molecule has 0 spiro atoms. The van der Waals surface area contributed by atoms with E-state index in [4.69, 9.17) is 11.6 Å². The summed E-state index contributed by atoms with van der Waals surface area (Å²) in [5.41, 5.74) is 0.0313. The van der Waals surface area contributed by atoms with Crippen LogP contribution >= 0.6 is 11.6 Å². The first-order valence-electron chi connectivity index (χ1n) is 3.52. The van der Waals surface area contributed by atoms with Crippen molar-refractivity contribution in [1.29, 1.82) is 0 Å². The predicted octanol–water partition coefficient (Wildman–Crippen LogP) is 2.63. The van der Waals surface area contributed by atoms with Gasteiger partial charge in [0.25, 0.3) is 0 Å². The molecule has 0 bridgehead atoms. The van der Waals surface area contributed by atoms with Crippen molar-refractivity contribution in [3.05, 3.63) is 28.8 Å². The van der Waals surface area contributed by atoms with Gasteiger partial charge >= 0.3 is 0 Å². The van der Waals surface area contributed by atoms with Gasteiger partial charge in [-0.1, -0.05) is 11.6 Å². The quantitative estimate of drug-likeness (QED) is 0.608. The van der Waals surface area contributed by atoms with Gasteiger partial charge in [0, 0.05) is 13.2 Å². The highest BCUT2D eigenvalue weighted by atomic mass is 35.5. The largest absolute Gasteiger partial charge is 0.365 e. The van der Waals surface area contributed by atoms with Crippen LogP contribution in [0.1, 0.15) is 0 Å². The van der Waals surface area contributed by atoms with E-state index in [2.05, 4.69) is 10.1 Å². The normalized spacial score (nSPS) is 10.2. The zero-order valence-electron chi connectivity index (χ0n) is 6.90. The summed E-state index contributed by atoms with van der Waals surface area (Å²) in [6.07, 6.45) is 0. The van der Waals surface area contributed by atoms with Crippen molar-refractivity contribution in [2.45, 2.75) is 0 Å². The Morgan fingerprint density at radius 2 is 2.08 bits per heavy atom. The van der Waals surface area contributed by atoms with Crippen molar-refractivity contribution in [2.24, 2.45) is 0 Å². The molecule has 0 heterocycles. The van der Waals surface area contributed by atoms with Crippen LogP contribution in [-0.2, 0) is 4.74 Å². The van der Waals surface area contributed by atoms with E-state index < -0.39 is 11.6 Å². The maximum Gasteiger partial charge on any atom is 0.148 e. The van der Waals surface area contributed by atoms with Crippen LogP contribution in [0.5, 0.6) is 0 Å². The lowest BCUT2D eigenvalue weighted by Gasteiger charge is -2.06. The summed E-state index contributed by atoms with van der Waals surface area (Å²) in [4.78, 5) is 0. The van der Waals surface area contributed by atoms with Gasteiger partial charge in [-0.3, -0.25) is 0 Å². The number of halogens is 3. The Morgan fingerprint density at radius 1 is 1.38 bits per heavy atom. The van der Waals surface area contributed by atoms with Gasteiger partial charge in [0.1, 0.15) is 18.4 Å². The number of ether oxygens (including phenoxy) is 1. The predicted molar refractivity (Wildman–Crippen MR) is 46.9 cm³/mol. The molecule has 13 heavy (non-hydrogen) atoms. The topological polar surface area (TPSA) is 21.3 Å². The lowest BCUT2D eigenvalue weighted by molar-refractivity contribution is 0.221. The second-order valence-electron chi connectivity index (χ2n) is 2.36. The fourth-order valence-electron chi connectivity index (χ4n) is 0.808. The molecular formula is C8H8ClF2NO. The van der Waals surface area contributed by atoms with Crippen molar-refractivity contribution < 1.29 is 13.5 Å². The molecule has 0 amide bonds. The van der Waals surface area contributed by atoms with Crippen molar-refractivity contribution in [2.75, 3.05) is 19.2 Å². The molecule has 5 heteroatoms. The molecule has 72 valence electrons. The van der Waals surface area contributed by atoms with Gasteiger partial charge in [0.05, 0.1) is 10.7 Å². The second kappa shape index (κ2) is 4.39. The van der Waals surface area contributed by atoms with E-state index in [9.17, 15) is 8.78 Å². The molecule has 1 rings (SSSR count). The number of nitrogens with one attached hydrogen (secondary N) is 1. The van der Waals surface area contributed by atoms with Gasteiger partial charge in [-0.2, -0.15) is 0 Å². The SMILES string of the molecule is COCNc1cc(F)c(Cl)cc1F. The van der Waals surface area contributed by atoms with Crippen LogP contribution in [0.2, 0.25) is 5.02 Å². The Bertz CT molecular complexity index is 306. The third-order valence-corrected chi connectivity index (χ3v) is 1.71. The summed E-state index contributed by atoms with van der Waals surface area (Å²) < 4.78 is 30.4. The van der Waals surface area contributed by atoms with Gasteiger partial charge in [-0.15, -0.1) is 0 Å². The third kappa shape index (κ3) is 2.54. The van der Waals surface area contributed by atoms with Crippen molar-refractivity contribution in [3.63, 3.8) is 0 Å². The fraction of sp³-hybridized carbons (Fsp3) is 0.250. The molecule has 1 N–H and O–H groups in total. The molecule has 0 aliphatic rings. The first-order valence-corrected chi connectivity index (χ1v) is 3.90. The molecule has 1 aromatic rings. The summed E-state index contributed by atoms with van der Waals surface area (Å²) in [5, 5.41) is 2.30. The van der Waals surface area contributed by atoms with Crippen molar-refractivity contribution in [3.8, 4) is 0 Å². The minimum atomic E-state index is -0.665. The van der Waals surface area contributed by atoms with E-state index >= 15 is 0 Å². The van der Waals surface area contributed by atoms with Crippen LogP contribution in [0.4, 0.5) is 14.5 Å². The van der Waals surface area contributed by atoms with Crippen molar-refractivity contribution in [1.82, 2.24) is 0 Å². The van der Waals surface area contributed by atoms with E-state index in [1.54, 1.807) is 0 Å². The standard InChI is InChI=1S/C8H8ClF2NO/c1-13-4-12-8-3-6(10)5(9)2-7(8)11/h2-3,12H,4H2,1H3. The molecule has 0 aliphatic heterocycles. The molecule has 0 aromatic heterocycles. The highest BCUT2D eigenvalue weighted by molar-refractivity contribution is 6.30. The average Bonchev–Trinajstić information content (AvgIpc) is 2.09. The summed E-state index contributed by atoms with van der Waals surface area (Å²) >= 11 is 5.35. The zero-order valence-corrected chi connectivity index (χ0v) is 7.66. The molecule has 0 atom stereocenters. The smallest absolute Gasteiger partial charge is 0.148 e. The minimum Gasteiger partial charge on any atom is -0.365 e. The van der Waals surface area contributed by atoms with Crippen LogP contribution < -0.4 is 5.32 Å². The molecule has 0 saturated carbocycles. The monoisotopic (exact) mass is 207 g/mol. The van der Waals surface area contributed by atoms with Gasteiger partial charge in [-0.25, -0.2) is 8.78 Å². The Balaban J connectivity index is 2.88. The molecule has 2 nitrogen and oxygen atoms in total. The number of anilines is 1. The van der Waals surface area contributed by atoms with Crippen LogP contribution in [0.3, 0.4) is 0 Å². The fourth-order valence-corrected chi connectivity index (χ4v) is 0.958. The molecule has 0 aliphatic carbocycles. The molecule has 0 fully saturated rings. The maximum absolute atomic E-state index is 13.0. The molecule has 0 saturated heterocycles. The zero-order chi connectivity index (χ0) is 9.84. The van der Waals surface area contributed by atoms with Gasteiger partial charge in [-0.05, 0) is 6.07 Å². The summed E-state index contributed by atoms with van der Waals surface area (Å²) in [5.74, 6) is -1.27. The molecule has 0 unspecified atom stereocenters. The summed E-state index contributed by atoms with van der Waals surface area (Å²) in [7, 11) is 1.44. The van der Waals surface area contributed by atoms with Crippen LogP contribution in [0, 0.1) is 11.6 Å². The first-order chi connectivity index (χ1) is 6.15.